The second-order valence-electron chi connectivity index (χ2n) is 9.90. The molecule has 13 heteroatoms. The monoisotopic (exact) mass is 533 g/mol. The third-order valence-electron chi connectivity index (χ3n) is 6.92. The summed E-state index contributed by atoms with van der Waals surface area (Å²) in [5, 5.41) is 2.65. The Labute approximate surface area is 223 Å². The Bertz CT molecular complexity index is 1510. The van der Waals surface area contributed by atoms with E-state index in [0.29, 0.717) is 22.9 Å². The first-order valence-electron chi connectivity index (χ1n) is 12.9. The molecule has 1 saturated heterocycles. The molecule has 39 heavy (non-hydrogen) atoms. The molecule has 2 saturated carbocycles. The fourth-order valence-corrected chi connectivity index (χ4v) is 4.43. The molecular formula is C26H27N7O6. The minimum atomic E-state index is -0.653. The molecule has 3 aliphatic rings. The second kappa shape index (κ2) is 9.64. The van der Waals surface area contributed by atoms with Gasteiger partial charge in [-0.15, -0.1) is 0 Å². The fraction of sp³-hybridized carbons (Fsp3) is 0.423. The number of imidazole rings is 1. The molecule has 4 heterocycles. The van der Waals surface area contributed by atoms with Crippen LogP contribution in [0.5, 0.6) is 5.88 Å². The van der Waals surface area contributed by atoms with Gasteiger partial charge in [-0.3, -0.25) is 24.7 Å². The number of hydrogen-bond acceptors (Lipinski definition) is 9. The Morgan fingerprint density at radius 2 is 1.92 bits per heavy atom. The number of hydrogen-bond donors (Lipinski definition) is 1. The molecule has 2 aliphatic carbocycles. The summed E-state index contributed by atoms with van der Waals surface area (Å²) in [6, 6.07) is 1.52. The van der Waals surface area contributed by atoms with E-state index in [1.807, 2.05) is 16.7 Å². The van der Waals surface area contributed by atoms with Crippen LogP contribution >= 0.6 is 0 Å². The molecule has 4 amide bonds. The molecule has 0 radical (unpaired) electrons. The summed E-state index contributed by atoms with van der Waals surface area (Å²) in [6.45, 7) is 1.72. The molecule has 0 atom stereocenters. The van der Waals surface area contributed by atoms with E-state index in [1.165, 1.54) is 18.1 Å². The minimum absolute atomic E-state index is 0.0194. The average molecular weight is 534 g/mol. The Balaban J connectivity index is 1.30. The van der Waals surface area contributed by atoms with E-state index in [4.69, 9.17) is 9.47 Å². The zero-order chi connectivity index (χ0) is 27.3. The third kappa shape index (κ3) is 4.87. The lowest BCUT2D eigenvalue weighted by Crippen LogP contribution is -2.30. The van der Waals surface area contributed by atoms with Crippen molar-refractivity contribution in [1.29, 1.82) is 0 Å². The standard InChI is InChI=1S/C26H27N7O6/c1-3-38-24(36)18-9-27-25(29-22(35)15-6-7-15)30-23(18)39-13-17-11-32-10-16(14-4-5-14)8-19(21(32)28-17)33-12-20(34)31(2)26(33)37/h8-11,14-15H,3-7,12-13H2,1-2H3,(H,27,29,30,35). The van der Waals surface area contributed by atoms with Gasteiger partial charge in [-0.05, 0) is 50.2 Å². The van der Waals surface area contributed by atoms with Crippen molar-refractivity contribution >= 4 is 41.1 Å². The minimum Gasteiger partial charge on any atom is -0.470 e. The highest BCUT2D eigenvalue weighted by Crippen LogP contribution is 2.42. The van der Waals surface area contributed by atoms with Gasteiger partial charge in [0.15, 0.2) is 5.65 Å². The van der Waals surface area contributed by atoms with Gasteiger partial charge in [-0.25, -0.2) is 19.6 Å². The van der Waals surface area contributed by atoms with Crippen molar-refractivity contribution in [3.8, 4) is 5.88 Å². The van der Waals surface area contributed by atoms with Crippen LogP contribution in [-0.2, 0) is 20.9 Å². The maximum absolute atomic E-state index is 12.8. The number of urea groups is 1. The molecule has 13 nitrogen and oxygen atoms in total. The van der Waals surface area contributed by atoms with Crippen molar-refractivity contribution in [1.82, 2.24) is 24.3 Å². The lowest BCUT2D eigenvalue weighted by Gasteiger charge is -2.17. The number of rotatable bonds is 9. The molecule has 0 unspecified atom stereocenters. The average Bonchev–Trinajstić information content (AvgIpc) is 3.85. The Morgan fingerprint density at radius 3 is 2.59 bits per heavy atom. The maximum Gasteiger partial charge on any atom is 0.345 e. The summed E-state index contributed by atoms with van der Waals surface area (Å²) < 4.78 is 12.8. The van der Waals surface area contributed by atoms with E-state index in [-0.39, 0.29) is 54.9 Å². The molecule has 3 fully saturated rings. The number of fused-ring (bicyclic) bond motifs is 1. The van der Waals surface area contributed by atoms with E-state index < -0.39 is 12.0 Å². The van der Waals surface area contributed by atoms with E-state index in [2.05, 4.69) is 20.3 Å². The van der Waals surface area contributed by atoms with Crippen molar-refractivity contribution in [2.24, 2.45) is 5.92 Å². The Kier molecular flexibility index (Phi) is 6.12. The maximum atomic E-state index is 12.8. The summed E-state index contributed by atoms with van der Waals surface area (Å²) in [4.78, 5) is 65.2. The molecule has 6 rings (SSSR count). The van der Waals surface area contributed by atoms with Crippen molar-refractivity contribution in [2.45, 2.75) is 45.1 Å². The summed E-state index contributed by atoms with van der Waals surface area (Å²) >= 11 is 0. The highest BCUT2D eigenvalue weighted by atomic mass is 16.5. The lowest BCUT2D eigenvalue weighted by molar-refractivity contribution is -0.124. The number of aromatic nitrogens is 4. The van der Waals surface area contributed by atoms with Crippen LogP contribution in [0, 0.1) is 5.92 Å². The predicted octanol–water partition coefficient (Wildman–Crippen LogP) is 2.50. The number of ether oxygens (including phenoxy) is 2. The van der Waals surface area contributed by atoms with Crippen LogP contribution in [0.3, 0.4) is 0 Å². The van der Waals surface area contributed by atoms with Gasteiger partial charge in [0.05, 0.1) is 24.2 Å². The van der Waals surface area contributed by atoms with Crippen molar-refractivity contribution in [3.05, 3.63) is 41.5 Å². The first-order chi connectivity index (χ1) is 18.8. The summed E-state index contributed by atoms with van der Waals surface area (Å²) in [5.41, 5.74) is 2.64. The highest BCUT2D eigenvalue weighted by Gasteiger charge is 2.37. The SMILES string of the molecule is CCOC(=O)c1cnc(NC(=O)C2CC2)nc1OCc1cn2cc(C3CC3)cc(N3CC(=O)N(C)C3=O)c2n1. The number of amides is 4. The van der Waals surface area contributed by atoms with Gasteiger partial charge in [0, 0.05) is 25.4 Å². The summed E-state index contributed by atoms with van der Waals surface area (Å²) in [5.74, 6) is -0.781. The van der Waals surface area contributed by atoms with Crippen LogP contribution in [-0.4, -0.2) is 68.3 Å². The normalized spacial score (nSPS) is 17.2. The summed E-state index contributed by atoms with van der Waals surface area (Å²) in [7, 11) is 1.46. The van der Waals surface area contributed by atoms with Crippen molar-refractivity contribution in [2.75, 3.05) is 30.4 Å². The smallest absolute Gasteiger partial charge is 0.345 e. The van der Waals surface area contributed by atoms with E-state index in [0.717, 1.165) is 36.1 Å². The summed E-state index contributed by atoms with van der Waals surface area (Å²) in [6.07, 6.45) is 8.78. The topological polar surface area (TPSA) is 148 Å². The van der Waals surface area contributed by atoms with Crippen LogP contribution in [0.2, 0.25) is 0 Å². The van der Waals surface area contributed by atoms with Gasteiger partial charge in [-0.2, -0.15) is 4.98 Å². The van der Waals surface area contributed by atoms with Gasteiger partial charge in [0.25, 0.3) is 0 Å². The Hall–Kier alpha value is -4.55. The molecular weight excluding hydrogens is 506 g/mol. The van der Waals surface area contributed by atoms with Crippen LogP contribution in [0.15, 0.2) is 24.7 Å². The molecule has 3 aromatic rings. The van der Waals surface area contributed by atoms with Crippen molar-refractivity contribution < 1.29 is 28.7 Å². The molecule has 0 spiro atoms. The number of carbonyl (C=O) groups excluding carboxylic acids is 4. The zero-order valence-corrected chi connectivity index (χ0v) is 21.5. The van der Waals surface area contributed by atoms with E-state index in [1.54, 1.807) is 13.1 Å². The number of imide groups is 1. The molecule has 202 valence electrons. The fourth-order valence-electron chi connectivity index (χ4n) is 4.43. The zero-order valence-electron chi connectivity index (χ0n) is 21.5. The first kappa shape index (κ1) is 24.8. The first-order valence-corrected chi connectivity index (χ1v) is 12.9. The number of esters is 1. The van der Waals surface area contributed by atoms with Gasteiger partial charge in [-0.1, -0.05) is 0 Å². The number of likely N-dealkylation sites (N-methyl/N-ethyl adjacent to an activating group) is 1. The van der Waals surface area contributed by atoms with Gasteiger partial charge < -0.3 is 13.9 Å². The molecule has 0 aromatic carbocycles. The molecule has 3 aromatic heterocycles. The quantitative estimate of drug-likeness (QED) is 0.323. The van der Waals surface area contributed by atoms with E-state index in [9.17, 15) is 19.2 Å². The van der Waals surface area contributed by atoms with Gasteiger partial charge in [0.1, 0.15) is 18.7 Å². The van der Waals surface area contributed by atoms with E-state index >= 15 is 0 Å². The van der Waals surface area contributed by atoms with Crippen molar-refractivity contribution in [3.63, 3.8) is 0 Å². The van der Waals surface area contributed by atoms with Gasteiger partial charge >= 0.3 is 12.0 Å². The van der Waals surface area contributed by atoms with Gasteiger partial charge in [0.2, 0.25) is 23.6 Å². The largest absolute Gasteiger partial charge is 0.470 e. The number of anilines is 2. The highest BCUT2D eigenvalue weighted by molar-refractivity contribution is 6.13. The second-order valence-corrected chi connectivity index (χ2v) is 9.90. The molecule has 1 N–H and O–H groups in total. The Morgan fingerprint density at radius 1 is 1.13 bits per heavy atom. The number of carbonyl (C=O) groups is 4. The predicted molar refractivity (Wildman–Crippen MR) is 136 cm³/mol. The number of pyridine rings is 1. The third-order valence-corrected chi connectivity index (χ3v) is 6.92. The lowest BCUT2D eigenvalue weighted by atomic mass is 10.1. The molecule has 0 bridgehead atoms. The van der Waals surface area contributed by atoms with Crippen LogP contribution in [0.4, 0.5) is 16.4 Å². The van der Waals surface area contributed by atoms with Crippen LogP contribution < -0.4 is 15.0 Å². The number of nitrogens with zero attached hydrogens (tertiary/aromatic N) is 6. The van der Waals surface area contributed by atoms with Crippen LogP contribution in [0.1, 0.15) is 60.1 Å². The van der Waals surface area contributed by atoms with Crippen LogP contribution in [0.25, 0.3) is 5.65 Å². The molecule has 1 aliphatic heterocycles. The number of nitrogens with one attached hydrogen (secondary N) is 1.